The molecule has 0 bridgehead atoms. The van der Waals surface area contributed by atoms with Gasteiger partial charge in [-0.3, -0.25) is 0 Å². The molecule has 0 fully saturated rings. The molecule has 0 atom stereocenters. The number of alkyl halides is 10. The van der Waals surface area contributed by atoms with E-state index in [4.69, 9.17) is 46.4 Å². The fourth-order valence-electron chi connectivity index (χ4n) is 0.195. The van der Waals surface area contributed by atoms with Crippen molar-refractivity contribution in [2.45, 2.75) is 11.0 Å². The maximum absolute atomic E-state index is 11.4. The van der Waals surface area contributed by atoms with Gasteiger partial charge in [-0.2, -0.15) is 43.2 Å². The zero-order valence-electron chi connectivity index (χ0n) is 9.05. The van der Waals surface area contributed by atoms with Crippen LogP contribution in [0.25, 0.3) is 0 Å². The van der Waals surface area contributed by atoms with Crippen molar-refractivity contribution >= 4 is 66.6 Å². The lowest BCUT2D eigenvalue weighted by Gasteiger charge is -2.09. The summed E-state index contributed by atoms with van der Waals surface area (Å²) in [6, 6.07) is 0. The lowest BCUT2D eigenvalue weighted by atomic mass is 11.6. The Morgan fingerprint density at radius 1 is 0.667 bits per heavy atom. The normalized spacial score (nSPS) is 12.7. The summed E-state index contributed by atoms with van der Waals surface area (Å²) in [5, 5.41) is 0.389. The number of hydrogen-bond donors (Lipinski definition) is 0. The third-order valence-corrected chi connectivity index (χ3v) is 3.31. The molecule has 0 saturated carbocycles. The van der Waals surface area contributed by atoms with Gasteiger partial charge in [-0.05, 0) is 0 Å². The predicted octanol–water partition coefficient (Wildman–Crippen LogP) is 3.55. The SMILES string of the molecule is ClCCl.ClCCl.O=S(=O)(OS(=O)(=O)C(F)(F)F)C(F)(F)F. The Balaban J connectivity index is -0.000000460. The summed E-state index contributed by atoms with van der Waals surface area (Å²) in [7, 11) is -13.7. The van der Waals surface area contributed by atoms with Crippen LogP contribution in [0.3, 0.4) is 0 Å². The molecule has 132 valence electrons. The summed E-state index contributed by atoms with van der Waals surface area (Å²) < 4.78 is 110. The van der Waals surface area contributed by atoms with Crippen LogP contribution in [0.5, 0.6) is 0 Å². The first-order valence-electron chi connectivity index (χ1n) is 3.61. The van der Waals surface area contributed by atoms with Crippen LogP contribution in [-0.2, 0) is 23.9 Å². The quantitative estimate of drug-likeness (QED) is 0.364. The van der Waals surface area contributed by atoms with Crippen LogP contribution >= 0.6 is 46.4 Å². The highest BCUT2D eigenvalue weighted by molar-refractivity contribution is 8.00. The van der Waals surface area contributed by atoms with Crippen LogP contribution in [0.2, 0.25) is 0 Å². The van der Waals surface area contributed by atoms with Gasteiger partial charge in [-0.1, -0.05) is 0 Å². The van der Waals surface area contributed by atoms with Gasteiger partial charge in [0.15, 0.2) is 0 Å². The minimum absolute atomic E-state index is 0.194. The third-order valence-electron chi connectivity index (χ3n) is 0.746. The van der Waals surface area contributed by atoms with Crippen molar-refractivity contribution < 1.29 is 46.8 Å². The van der Waals surface area contributed by atoms with Crippen molar-refractivity contribution in [1.29, 1.82) is 0 Å². The molecule has 5 nitrogen and oxygen atoms in total. The molecule has 0 aliphatic heterocycles. The van der Waals surface area contributed by atoms with Crippen LogP contribution in [0, 0.1) is 0 Å². The molecule has 0 aromatic rings. The van der Waals surface area contributed by atoms with Crippen LogP contribution in [-0.4, -0.2) is 38.5 Å². The Bertz CT molecular complexity index is 426. The molecule has 0 aromatic heterocycles. The van der Waals surface area contributed by atoms with Gasteiger partial charge in [0, 0.05) is 0 Å². The second-order valence-electron chi connectivity index (χ2n) is 2.07. The highest BCUT2D eigenvalue weighted by Gasteiger charge is 2.57. The van der Waals surface area contributed by atoms with Crippen molar-refractivity contribution in [3.05, 3.63) is 0 Å². The molecule has 21 heavy (non-hydrogen) atoms. The third kappa shape index (κ3) is 11.8. The lowest BCUT2D eigenvalue weighted by Crippen LogP contribution is -2.34. The Morgan fingerprint density at radius 2 is 0.810 bits per heavy atom. The van der Waals surface area contributed by atoms with Gasteiger partial charge in [-0.15, -0.1) is 50.0 Å². The highest BCUT2D eigenvalue weighted by Crippen LogP contribution is 2.31. The molecule has 0 saturated heterocycles. The first-order valence-corrected chi connectivity index (χ1v) is 8.57. The summed E-state index contributed by atoms with van der Waals surface area (Å²) in [6.07, 6.45) is 0. The van der Waals surface area contributed by atoms with E-state index in [0.717, 1.165) is 0 Å². The molecule has 0 spiro atoms. The van der Waals surface area contributed by atoms with E-state index in [-0.39, 0.29) is 10.7 Å². The summed E-state index contributed by atoms with van der Waals surface area (Å²) in [5.74, 6) is 0. The van der Waals surface area contributed by atoms with E-state index in [0.29, 0.717) is 0 Å². The topological polar surface area (TPSA) is 77.5 Å². The molecular formula is C4H4Cl4F6O5S2. The monoisotopic (exact) mass is 450 g/mol. The molecule has 0 N–H and O–H groups in total. The first kappa shape index (κ1) is 26.5. The molecule has 0 aliphatic rings. The molecule has 17 heteroatoms. The smallest absolute Gasteiger partial charge is 0.188 e. The highest BCUT2D eigenvalue weighted by atomic mass is 35.5. The van der Waals surface area contributed by atoms with E-state index in [1.54, 1.807) is 0 Å². The van der Waals surface area contributed by atoms with E-state index in [2.05, 4.69) is 0 Å². The van der Waals surface area contributed by atoms with Crippen molar-refractivity contribution in [3.8, 4) is 0 Å². The summed E-state index contributed by atoms with van der Waals surface area (Å²) in [5.41, 5.74) is -12.5. The summed E-state index contributed by atoms with van der Waals surface area (Å²) in [4.78, 5) is 0. The fourth-order valence-corrected chi connectivity index (χ4v) is 1.76. The molecule has 0 radical (unpaired) electrons. The Kier molecular flexibility index (Phi) is 13.1. The Hall–Kier alpha value is 0.600. The van der Waals surface area contributed by atoms with Gasteiger partial charge in [0.25, 0.3) is 0 Å². The summed E-state index contributed by atoms with van der Waals surface area (Å²) in [6.45, 7) is 0. The summed E-state index contributed by atoms with van der Waals surface area (Å²) >= 11 is 19.1. The molecule has 0 unspecified atom stereocenters. The zero-order chi connectivity index (χ0) is 18.1. The van der Waals surface area contributed by atoms with Crippen LogP contribution < -0.4 is 0 Å². The molecule has 0 heterocycles. The zero-order valence-corrected chi connectivity index (χ0v) is 13.7. The van der Waals surface area contributed by atoms with Gasteiger partial charge in [0.2, 0.25) is 0 Å². The van der Waals surface area contributed by atoms with Crippen LogP contribution in [0.4, 0.5) is 26.3 Å². The van der Waals surface area contributed by atoms with Gasteiger partial charge in [-0.25, -0.2) is 0 Å². The van der Waals surface area contributed by atoms with Crippen molar-refractivity contribution in [2.24, 2.45) is 0 Å². The van der Waals surface area contributed by atoms with E-state index in [1.165, 1.54) is 0 Å². The molecule has 0 aliphatic carbocycles. The van der Waals surface area contributed by atoms with Crippen LogP contribution in [0.15, 0.2) is 0 Å². The average molecular weight is 452 g/mol. The van der Waals surface area contributed by atoms with Crippen molar-refractivity contribution in [2.75, 3.05) is 10.7 Å². The van der Waals surface area contributed by atoms with Crippen molar-refractivity contribution in [1.82, 2.24) is 0 Å². The second kappa shape index (κ2) is 10.4. The van der Waals surface area contributed by atoms with Gasteiger partial charge in [0.05, 0.1) is 10.7 Å². The predicted molar refractivity (Wildman–Crippen MR) is 64.2 cm³/mol. The minimum Gasteiger partial charge on any atom is -0.188 e. The molecular weight excluding hydrogens is 448 g/mol. The van der Waals surface area contributed by atoms with Gasteiger partial charge < -0.3 is 0 Å². The maximum atomic E-state index is 11.4. The number of hydrogen-bond acceptors (Lipinski definition) is 5. The standard InChI is InChI=1S/C2F6O5S2.2CH2Cl2/c3-1(4,5)14(9,10)13-15(11,12)2(6,7)8;2*2-1-3/h;2*1H2. The lowest BCUT2D eigenvalue weighted by molar-refractivity contribution is -0.0585. The minimum atomic E-state index is -6.85. The Labute approximate surface area is 135 Å². The first-order chi connectivity index (χ1) is 9.04. The van der Waals surface area contributed by atoms with E-state index >= 15 is 0 Å². The Morgan fingerprint density at radius 3 is 0.905 bits per heavy atom. The van der Waals surface area contributed by atoms with E-state index in [9.17, 15) is 43.2 Å². The maximum Gasteiger partial charge on any atom is 0.524 e. The molecule has 0 amide bonds. The number of halogens is 10. The van der Waals surface area contributed by atoms with Crippen LogP contribution in [0.1, 0.15) is 0 Å². The van der Waals surface area contributed by atoms with Crippen molar-refractivity contribution in [3.63, 3.8) is 0 Å². The molecule has 0 aromatic carbocycles. The van der Waals surface area contributed by atoms with Gasteiger partial charge >= 0.3 is 31.3 Å². The van der Waals surface area contributed by atoms with E-state index < -0.39 is 31.3 Å². The number of rotatable bonds is 2. The second-order valence-corrected chi connectivity index (χ2v) is 6.97. The fraction of sp³-hybridized carbons (Fsp3) is 1.00. The molecule has 0 rings (SSSR count). The largest absolute Gasteiger partial charge is 0.524 e. The van der Waals surface area contributed by atoms with E-state index in [1.807, 2.05) is 3.63 Å². The average Bonchev–Trinajstić information content (AvgIpc) is 2.14. The van der Waals surface area contributed by atoms with Gasteiger partial charge in [0.1, 0.15) is 0 Å².